The van der Waals surface area contributed by atoms with Crippen molar-refractivity contribution in [2.45, 2.75) is 26.4 Å². The molecule has 0 atom stereocenters. The Labute approximate surface area is 177 Å². The number of carbonyl (C=O) groups is 2. The van der Waals surface area contributed by atoms with Gasteiger partial charge in [-0.25, -0.2) is 4.98 Å². The van der Waals surface area contributed by atoms with Crippen LogP contribution in [-0.4, -0.2) is 23.7 Å². The largest absolute Gasteiger partial charge is 0.459 e. The van der Waals surface area contributed by atoms with E-state index in [2.05, 4.69) is 4.98 Å². The number of amides is 1. The number of rotatable bonds is 7. The summed E-state index contributed by atoms with van der Waals surface area (Å²) in [5, 5.41) is 2.33. The summed E-state index contributed by atoms with van der Waals surface area (Å²) in [7, 11) is 0. The van der Waals surface area contributed by atoms with Crippen molar-refractivity contribution in [2.24, 2.45) is 0 Å². The van der Waals surface area contributed by atoms with Crippen molar-refractivity contribution in [3.05, 3.63) is 65.2 Å². The molecule has 3 aromatic rings. The van der Waals surface area contributed by atoms with Gasteiger partial charge in [0.25, 0.3) is 0 Å². The van der Waals surface area contributed by atoms with E-state index in [0.29, 0.717) is 23.0 Å². The van der Waals surface area contributed by atoms with Crippen LogP contribution in [0.1, 0.15) is 24.6 Å². The van der Waals surface area contributed by atoms with Crippen LogP contribution in [0, 0.1) is 0 Å². The van der Waals surface area contributed by atoms with Crippen molar-refractivity contribution in [3.8, 4) is 11.5 Å². The lowest BCUT2D eigenvalue weighted by atomic mass is 10.1. The lowest BCUT2D eigenvalue weighted by molar-refractivity contribution is -0.145. The molecular weight excluding hydrogens is 404 g/mol. The third kappa shape index (κ3) is 4.60. The molecule has 2 heterocycles. The first-order valence-electron chi connectivity index (χ1n) is 9.44. The molecule has 0 N–H and O–H groups in total. The normalized spacial score (nSPS) is 11.9. The number of esters is 1. The Balaban J connectivity index is 1.31. The Kier molecular flexibility index (Phi) is 5.94. The molecule has 1 amide bonds. The highest BCUT2D eigenvalue weighted by Crippen LogP contribution is 2.33. The molecule has 8 heteroatoms. The molecule has 0 fully saturated rings. The molecule has 0 bridgehead atoms. The Morgan fingerprint density at radius 2 is 1.93 bits per heavy atom. The van der Waals surface area contributed by atoms with E-state index in [0.717, 1.165) is 17.0 Å². The Hall–Kier alpha value is -3.39. The third-order valence-corrected chi connectivity index (χ3v) is 5.37. The van der Waals surface area contributed by atoms with Gasteiger partial charge in [0, 0.05) is 18.7 Å². The average molecular weight is 424 g/mol. The van der Waals surface area contributed by atoms with Gasteiger partial charge in [-0.05, 0) is 36.2 Å². The van der Waals surface area contributed by atoms with Gasteiger partial charge >= 0.3 is 5.97 Å². The van der Waals surface area contributed by atoms with E-state index in [-0.39, 0.29) is 31.7 Å². The van der Waals surface area contributed by atoms with Crippen molar-refractivity contribution in [1.29, 1.82) is 0 Å². The summed E-state index contributed by atoms with van der Waals surface area (Å²) in [6.45, 7) is 1.78. The van der Waals surface area contributed by atoms with Crippen molar-refractivity contribution in [2.75, 3.05) is 11.7 Å². The fourth-order valence-corrected chi connectivity index (χ4v) is 3.91. The number of aromatic nitrogens is 1. The van der Waals surface area contributed by atoms with Crippen LogP contribution in [0.3, 0.4) is 0 Å². The molecule has 7 nitrogen and oxygen atoms in total. The lowest BCUT2D eigenvalue weighted by Gasteiger charge is -2.17. The summed E-state index contributed by atoms with van der Waals surface area (Å²) in [5.41, 5.74) is 2.33. The van der Waals surface area contributed by atoms with Gasteiger partial charge in [-0.3, -0.25) is 14.5 Å². The number of nitrogens with zero attached hydrogens (tertiary/aromatic N) is 2. The van der Waals surface area contributed by atoms with Gasteiger partial charge in [0.05, 0.1) is 11.4 Å². The van der Waals surface area contributed by atoms with E-state index in [1.807, 2.05) is 48.5 Å². The molecule has 0 unspecified atom stereocenters. The van der Waals surface area contributed by atoms with E-state index in [1.54, 1.807) is 5.38 Å². The van der Waals surface area contributed by atoms with Crippen molar-refractivity contribution in [3.63, 3.8) is 0 Å². The van der Waals surface area contributed by atoms with Gasteiger partial charge < -0.3 is 14.2 Å². The van der Waals surface area contributed by atoms with Crippen molar-refractivity contribution < 1.29 is 23.8 Å². The summed E-state index contributed by atoms with van der Waals surface area (Å²) in [4.78, 5) is 30.2. The predicted octanol–water partition coefficient (Wildman–Crippen LogP) is 4.23. The topological polar surface area (TPSA) is 78.0 Å². The van der Waals surface area contributed by atoms with E-state index < -0.39 is 0 Å². The molecule has 30 heavy (non-hydrogen) atoms. The van der Waals surface area contributed by atoms with E-state index >= 15 is 0 Å². The van der Waals surface area contributed by atoms with Crippen LogP contribution in [0.2, 0.25) is 0 Å². The van der Waals surface area contributed by atoms with Crippen LogP contribution in [-0.2, 0) is 27.4 Å². The summed E-state index contributed by atoms with van der Waals surface area (Å²) in [6, 6.07) is 14.9. The van der Waals surface area contributed by atoms with Gasteiger partial charge in [0.1, 0.15) is 6.61 Å². The van der Waals surface area contributed by atoms with Gasteiger partial charge in [-0.1, -0.05) is 24.3 Å². The summed E-state index contributed by atoms with van der Waals surface area (Å²) in [5.74, 6) is 0.969. The number of hydrogen-bond acceptors (Lipinski definition) is 7. The number of thiazole rings is 1. The number of para-hydroxylation sites is 1. The molecule has 4 rings (SSSR count). The molecule has 0 saturated carbocycles. The number of carbonyl (C=O) groups excluding carboxylic acids is 2. The molecule has 0 saturated heterocycles. The highest BCUT2D eigenvalue weighted by atomic mass is 32.1. The first kappa shape index (κ1) is 19.9. The fraction of sp³-hybridized carbons (Fsp3) is 0.227. The minimum Gasteiger partial charge on any atom is -0.459 e. The van der Waals surface area contributed by atoms with Gasteiger partial charge in [0.2, 0.25) is 12.7 Å². The molecule has 154 valence electrons. The molecule has 1 aliphatic rings. The fourth-order valence-electron chi connectivity index (χ4n) is 3.04. The predicted molar refractivity (Wildman–Crippen MR) is 112 cm³/mol. The van der Waals surface area contributed by atoms with Crippen LogP contribution in [0.25, 0.3) is 0 Å². The van der Waals surface area contributed by atoms with Crippen LogP contribution < -0.4 is 14.4 Å². The maximum absolute atomic E-state index is 12.1. The van der Waals surface area contributed by atoms with E-state index in [4.69, 9.17) is 14.2 Å². The molecule has 2 aromatic carbocycles. The monoisotopic (exact) mass is 424 g/mol. The average Bonchev–Trinajstić information content (AvgIpc) is 3.40. The molecule has 0 spiro atoms. The number of hydrogen-bond donors (Lipinski definition) is 0. The zero-order valence-electron chi connectivity index (χ0n) is 16.4. The first-order valence-corrected chi connectivity index (χ1v) is 10.3. The second-order valence-corrected chi connectivity index (χ2v) is 7.50. The van der Waals surface area contributed by atoms with E-state index in [9.17, 15) is 9.59 Å². The van der Waals surface area contributed by atoms with Crippen LogP contribution in [0.4, 0.5) is 10.8 Å². The van der Waals surface area contributed by atoms with Crippen LogP contribution in [0.15, 0.2) is 53.9 Å². The zero-order valence-corrected chi connectivity index (χ0v) is 17.2. The van der Waals surface area contributed by atoms with Crippen molar-refractivity contribution in [1.82, 2.24) is 4.98 Å². The van der Waals surface area contributed by atoms with Crippen LogP contribution >= 0.6 is 11.3 Å². The minimum atomic E-state index is -0.311. The number of ether oxygens (including phenoxy) is 3. The van der Waals surface area contributed by atoms with Gasteiger partial charge in [0.15, 0.2) is 16.6 Å². The quantitative estimate of drug-likeness (QED) is 0.528. The smallest absolute Gasteiger partial charge is 0.306 e. The number of fused-ring (bicyclic) bond motifs is 1. The zero-order chi connectivity index (χ0) is 20.9. The van der Waals surface area contributed by atoms with Gasteiger partial charge in [-0.2, -0.15) is 0 Å². The second-order valence-electron chi connectivity index (χ2n) is 6.66. The summed E-state index contributed by atoms with van der Waals surface area (Å²) < 4.78 is 16.0. The highest BCUT2D eigenvalue weighted by molar-refractivity contribution is 7.14. The SMILES string of the molecule is CC(=O)N(c1ccccc1)c1nc(COC(=O)CCc2ccc3c(c2)OCO3)cs1. The van der Waals surface area contributed by atoms with Gasteiger partial charge in [-0.15, -0.1) is 11.3 Å². The molecular formula is C22H20N2O5S. The second kappa shape index (κ2) is 8.96. The number of aryl methyl sites for hydroxylation is 1. The molecule has 1 aliphatic heterocycles. The Morgan fingerprint density at radius 1 is 1.13 bits per heavy atom. The summed E-state index contributed by atoms with van der Waals surface area (Å²) in [6.07, 6.45) is 0.796. The minimum absolute atomic E-state index is 0.0665. The summed E-state index contributed by atoms with van der Waals surface area (Å²) >= 11 is 1.33. The first-order chi connectivity index (χ1) is 14.6. The lowest BCUT2D eigenvalue weighted by Crippen LogP contribution is -2.22. The Morgan fingerprint density at radius 3 is 2.73 bits per heavy atom. The molecule has 1 aromatic heterocycles. The third-order valence-electron chi connectivity index (χ3n) is 4.50. The highest BCUT2D eigenvalue weighted by Gasteiger charge is 2.18. The van der Waals surface area contributed by atoms with E-state index in [1.165, 1.54) is 23.2 Å². The maximum atomic E-state index is 12.1. The number of anilines is 2. The molecule has 0 radical (unpaired) electrons. The van der Waals surface area contributed by atoms with Crippen LogP contribution in [0.5, 0.6) is 11.5 Å². The van der Waals surface area contributed by atoms with Crippen molar-refractivity contribution >= 4 is 34.0 Å². The standard InChI is InChI=1S/C22H20N2O5S/c1-15(25)24(18-5-3-2-4-6-18)22-23-17(13-30-22)12-27-21(26)10-8-16-7-9-19-20(11-16)29-14-28-19/h2-7,9,11,13H,8,10,12,14H2,1H3. The maximum Gasteiger partial charge on any atom is 0.306 e. The Bertz CT molecular complexity index is 1050. The number of benzene rings is 2. The molecule has 0 aliphatic carbocycles.